The van der Waals surface area contributed by atoms with Gasteiger partial charge in [-0.05, 0) is 32.9 Å². The fourth-order valence-corrected chi connectivity index (χ4v) is 2.87. The molecule has 1 aliphatic heterocycles. The maximum atomic E-state index is 6.26. The molecule has 1 N–H and O–H groups in total. The lowest BCUT2D eigenvalue weighted by molar-refractivity contribution is 0.0385. The van der Waals surface area contributed by atoms with Crippen molar-refractivity contribution >= 4 is 0 Å². The van der Waals surface area contributed by atoms with Crippen molar-refractivity contribution in [3.63, 3.8) is 0 Å². The average Bonchev–Trinajstić information content (AvgIpc) is 2.38. The van der Waals surface area contributed by atoms with E-state index in [-0.39, 0.29) is 5.60 Å². The number of hydrogen-bond donors (Lipinski definition) is 1. The van der Waals surface area contributed by atoms with Crippen molar-refractivity contribution in [1.82, 2.24) is 5.32 Å². The van der Waals surface area contributed by atoms with Gasteiger partial charge < -0.3 is 10.1 Å². The van der Waals surface area contributed by atoms with Crippen LogP contribution in [-0.4, -0.2) is 12.6 Å². The highest BCUT2D eigenvalue weighted by molar-refractivity contribution is 5.38. The van der Waals surface area contributed by atoms with Crippen LogP contribution < -0.4 is 10.1 Å². The summed E-state index contributed by atoms with van der Waals surface area (Å²) in [7, 11) is 2.04. The van der Waals surface area contributed by atoms with Gasteiger partial charge in [0.1, 0.15) is 11.4 Å². The number of ether oxygens (including phenoxy) is 1. The molecule has 18 heavy (non-hydrogen) atoms. The highest BCUT2D eigenvalue weighted by Gasteiger charge is 2.35. The van der Waals surface area contributed by atoms with Crippen molar-refractivity contribution in [2.75, 3.05) is 7.05 Å². The third-order valence-corrected chi connectivity index (χ3v) is 3.94. The van der Waals surface area contributed by atoms with E-state index in [1.807, 2.05) is 7.05 Å². The SMILES string of the molecule is CCCCCC1(C)CC(NC)c2ccccc2O1. The van der Waals surface area contributed by atoms with Crippen LogP contribution in [-0.2, 0) is 0 Å². The van der Waals surface area contributed by atoms with Gasteiger partial charge in [0.05, 0.1) is 0 Å². The summed E-state index contributed by atoms with van der Waals surface area (Å²) in [6.07, 6.45) is 6.02. The molecule has 0 aromatic heterocycles. The van der Waals surface area contributed by atoms with Gasteiger partial charge in [0, 0.05) is 18.0 Å². The van der Waals surface area contributed by atoms with Crippen LogP contribution in [0.2, 0.25) is 0 Å². The van der Waals surface area contributed by atoms with E-state index in [2.05, 4.69) is 43.4 Å². The van der Waals surface area contributed by atoms with Crippen LogP contribution in [0.15, 0.2) is 24.3 Å². The summed E-state index contributed by atoms with van der Waals surface area (Å²) in [5, 5.41) is 3.43. The van der Waals surface area contributed by atoms with E-state index in [0.29, 0.717) is 6.04 Å². The third kappa shape index (κ3) is 2.86. The van der Waals surface area contributed by atoms with Crippen molar-refractivity contribution in [2.45, 2.75) is 57.6 Å². The van der Waals surface area contributed by atoms with E-state index in [4.69, 9.17) is 4.74 Å². The zero-order chi connectivity index (χ0) is 13.0. The van der Waals surface area contributed by atoms with Gasteiger partial charge >= 0.3 is 0 Å². The molecule has 100 valence electrons. The second kappa shape index (κ2) is 5.75. The van der Waals surface area contributed by atoms with Crippen LogP contribution in [0.3, 0.4) is 0 Å². The Morgan fingerprint density at radius 3 is 2.83 bits per heavy atom. The standard InChI is InChI=1S/C16H25NO/c1-4-5-8-11-16(2)12-14(17-3)13-9-6-7-10-15(13)18-16/h6-7,9-10,14,17H,4-5,8,11-12H2,1-3H3. The molecule has 2 rings (SSSR count). The molecule has 0 saturated carbocycles. The third-order valence-electron chi connectivity index (χ3n) is 3.94. The summed E-state index contributed by atoms with van der Waals surface area (Å²) in [4.78, 5) is 0. The average molecular weight is 247 g/mol. The molecule has 0 fully saturated rings. The monoisotopic (exact) mass is 247 g/mol. The Hall–Kier alpha value is -1.02. The molecule has 0 spiro atoms. The number of unbranched alkanes of at least 4 members (excludes halogenated alkanes) is 2. The normalized spacial score (nSPS) is 26.5. The number of benzene rings is 1. The highest BCUT2D eigenvalue weighted by atomic mass is 16.5. The Kier molecular flexibility index (Phi) is 4.28. The quantitative estimate of drug-likeness (QED) is 0.792. The van der Waals surface area contributed by atoms with Crippen LogP contribution in [0, 0.1) is 0 Å². The predicted molar refractivity (Wildman–Crippen MR) is 76.0 cm³/mol. The van der Waals surface area contributed by atoms with Gasteiger partial charge in [-0.1, -0.05) is 38.0 Å². The first kappa shape index (κ1) is 13.4. The lowest BCUT2D eigenvalue weighted by atomic mass is 9.85. The summed E-state index contributed by atoms with van der Waals surface area (Å²) < 4.78 is 6.26. The smallest absolute Gasteiger partial charge is 0.124 e. The van der Waals surface area contributed by atoms with Crippen LogP contribution in [0.5, 0.6) is 5.75 Å². The fraction of sp³-hybridized carbons (Fsp3) is 0.625. The minimum atomic E-state index is -0.0167. The van der Waals surface area contributed by atoms with Crippen molar-refractivity contribution in [1.29, 1.82) is 0 Å². The largest absolute Gasteiger partial charge is 0.487 e. The van der Waals surface area contributed by atoms with Crippen molar-refractivity contribution in [3.05, 3.63) is 29.8 Å². The topological polar surface area (TPSA) is 21.3 Å². The highest BCUT2D eigenvalue weighted by Crippen LogP contribution is 2.41. The number of nitrogens with one attached hydrogen (secondary N) is 1. The van der Waals surface area contributed by atoms with Gasteiger partial charge in [-0.3, -0.25) is 0 Å². The Labute approximate surface area is 111 Å². The van der Waals surface area contributed by atoms with E-state index in [1.54, 1.807) is 0 Å². The molecule has 0 aliphatic carbocycles. The zero-order valence-corrected chi connectivity index (χ0v) is 11.8. The molecule has 1 aliphatic rings. The lowest BCUT2D eigenvalue weighted by Crippen LogP contribution is -2.41. The van der Waals surface area contributed by atoms with E-state index in [1.165, 1.54) is 24.8 Å². The zero-order valence-electron chi connectivity index (χ0n) is 11.8. The molecule has 1 aromatic carbocycles. The van der Waals surface area contributed by atoms with Gasteiger partial charge in [-0.15, -0.1) is 0 Å². The van der Waals surface area contributed by atoms with Crippen molar-refractivity contribution < 1.29 is 4.74 Å². The number of fused-ring (bicyclic) bond motifs is 1. The van der Waals surface area contributed by atoms with Crippen LogP contribution in [0.25, 0.3) is 0 Å². The van der Waals surface area contributed by atoms with Crippen LogP contribution in [0.1, 0.15) is 57.6 Å². The predicted octanol–water partition coefficient (Wildman–Crippen LogP) is 4.07. The van der Waals surface area contributed by atoms with Crippen LogP contribution >= 0.6 is 0 Å². The molecule has 1 heterocycles. The molecular weight excluding hydrogens is 222 g/mol. The first-order chi connectivity index (χ1) is 8.68. The van der Waals surface area contributed by atoms with Gasteiger partial charge in [-0.25, -0.2) is 0 Å². The molecule has 2 atom stereocenters. The molecule has 2 unspecified atom stereocenters. The van der Waals surface area contributed by atoms with Gasteiger partial charge in [0.15, 0.2) is 0 Å². The number of hydrogen-bond acceptors (Lipinski definition) is 2. The minimum absolute atomic E-state index is 0.0167. The van der Waals surface area contributed by atoms with E-state index >= 15 is 0 Å². The number of para-hydroxylation sites is 1. The number of rotatable bonds is 5. The Balaban J connectivity index is 2.14. The van der Waals surface area contributed by atoms with Gasteiger partial charge in [0.25, 0.3) is 0 Å². The molecule has 0 saturated heterocycles. The summed E-state index contributed by atoms with van der Waals surface area (Å²) in [6, 6.07) is 8.83. The fourth-order valence-electron chi connectivity index (χ4n) is 2.87. The van der Waals surface area contributed by atoms with E-state index in [0.717, 1.165) is 18.6 Å². The Bertz CT molecular complexity index is 390. The molecule has 2 nitrogen and oxygen atoms in total. The maximum Gasteiger partial charge on any atom is 0.124 e. The summed E-state index contributed by atoms with van der Waals surface area (Å²) >= 11 is 0. The minimum Gasteiger partial charge on any atom is -0.487 e. The molecule has 0 amide bonds. The second-order valence-electron chi connectivity index (χ2n) is 5.59. The van der Waals surface area contributed by atoms with E-state index < -0.39 is 0 Å². The lowest BCUT2D eigenvalue weighted by Gasteiger charge is -2.40. The Morgan fingerprint density at radius 2 is 2.11 bits per heavy atom. The van der Waals surface area contributed by atoms with Crippen molar-refractivity contribution in [3.8, 4) is 5.75 Å². The summed E-state index contributed by atoms with van der Waals surface area (Å²) in [6.45, 7) is 4.50. The second-order valence-corrected chi connectivity index (χ2v) is 5.59. The first-order valence-corrected chi connectivity index (χ1v) is 7.14. The first-order valence-electron chi connectivity index (χ1n) is 7.14. The Morgan fingerprint density at radius 1 is 1.33 bits per heavy atom. The molecule has 2 heteroatoms. The molecule has 0 radical (unpaired) electrons. The van der Waals surface area contributed by atoms with Gasteiger partial charge in [0.2, 0.25) is 0 Å². The van der Waals surface area contributed by atoms with E-state index in [9.17, 15) is 0 Å². The molecular formula is C16H25NO. The summed E-state index contributed by atoms with van der Waals surface area (Å²) in [5.74, 6) is 1.06. The van der Waals surface area contributed by atoms with Crippen LogP contribution in [0.4, 0.5) is 0 Å². The maximum absolute atomic E-state index is 6.26. The molecule has 1 aromatic rings. The summed E-state index contributed by atoms with van der Waals surface area (Å²) in [5.41, 5.74) is 1.28. The molecule has 0 bridgehead atoms. The van der Waals surface area contributed by atoms with Crippen molar-refractivity contribution in [2.24, 2.45) is 0 Å². The van der Waals surface area contributed by atoms with Gasteiger partial charge in [-0.2, -0.15) is 0 Å².